The Morgan fingerprint density at radius 1 is 1.24 bits per heavy atom. The Balaban J connectivity index is 2.12. The molecule has 7 heteroatoms. The fraction of sp³-hybridized carbons (Fsp3) is 0.286. The molecule has 0 saturated heterocycles. The first-order valence-corrected chi connectivity index (χ1v) is 8.33. The summed E-state index contributed by atoms with van der Waals surface area (Å²) in [5.41, 5.74) is 0.390. The lowest BCUT2D eigenvalue weighted by Gasteiger charge is -2.07. The minimum atomic E-state index is -3.75. The molecule has 0 saturated carbocycles. The molecular weight excluding hydrogens is 312 g/mol. The predicted octanol–water partition coefficient (Wildman–Crippen LogP) is 3.23. The molecule has 2 N–H and O–H groups in total. The van der Waals surface area contributed by atoms with Gasteiger partial charge in [-0.25, -0.2) is 0 Å². The number of rotatable bonds is 6. The third kappa shape index (κ3) is 4.49. The van der Waals surface area contributed by atoms with Crippen LogP contribution in [0.5, 0.6) is 0 Å². The van der Waals surface area contributed by atoms with Crippen LogP contribution in [0.2, 0.25) is 5.02 Å². The third-order valence-electron chi connectivity index (χ3n) is 2.66. The molecule has 0 aliphatic rings. The van der Waals surface area contributed by atoms with Gasteiger partial charge in [-0.2, -0.15) is 8.42 Å². The molecule has 0 fully saturated rings. The molecule has 0 amide bonds. The van der Waals surface area contributed by atoms with Crippen molar-refractivity contribution in [2.75, 3.05) is 4.72 Å². The van der Waals surface area contributed by atoms with Crippen LogP contribution in [0.1, 0.15) is 19.6 Å². The van der Waals surface area contributed by atoms with Gasteiger partial charge in [-0.1, -0.05) is 31.5 Å². The monoisotopic (exact) mass is 328 g/mol. The van der Waals surface area contributed by atoms with Gasteiger partial charge in [0.15, 0.2) is 0 Å². The van der Waals surface area contributed by atoms with Crippen molar-refractivity contribution in [2.24, 2.45) is 0 Å². The lowest BCUT2D eigenvalue weighted by atomic mass is 10.3. The molecular formula is C14H17ClN2O3S. The van der Waals surface area contributed by atoms with Crippen molar-refractivity contribution < 1.29 is 12.8 Å². The van der Waals surface area contributed by atoms with Gasteiger partial charge in [-0.3, -0.25) is 4.72 Å². The van der Waals surface area contributed by atoms with Crippen LogP contribution < -0.4 is 10.0 Å². The van der Waals surface area contributed by atoms with Gasteiger partial charge in [0, 0.05) is 11.1 Å². The summed E-state index contributed by atoms with van der Waals surface area (Å²) in [6.45, 7) is 4.48. The Morgan fingerprint density at radius 2 is 2.00 bits per heavy atom. The van der Waals surface area contributed by atoms with Crippen LogP contribution in [0.15, 0.2) is 45.9 Å². The van der Waals surface area contributed by atoms with Crippen molar-refractivity contribution in [3.8, 4) is 0 Å². The zero-order chi connectivity index (χ0) is 15.5. The molecule has 2 aromatic rings. The average Bonchev–Trinajstić information content (AvgIpc) is 2.85. The van der Waals surface area contributed by atoms with E-state index in [0.29, 0.717) is 29.1 Å². The van der Waals surface area contributed by atoms with Crippen LogP contribution in [0, 0.1) is 0 Å². The normalized spacial score (nSPS) is 11.8. The summed E-state index contributed by atoms with van der Waals surface area (Å²) in [7, 11) is -3.75. The zero-order valence-electron chi connectivity index (χ0n) is 11.8. The molecule has 1 heterocycles. The SMILES string of the molecule is CC(C)NCc1ccc(S(=O)(=O)Nc2cccc(Cl)c2)o1. The predicted molar refractivity (Wildman–Crippen MR) is 82.9 cm³/mol. The average molecular weight is 329 g/mol. The molecule has 114 valence electrons. The maximum atomic E-state index is 12.2. The van der Waals surface area contributed by atoms with Crippen LogP contribution in [0.4, 0.5) is 5.69 Å². The highest BCUT2D eigenvalue weighted by molar-refractivity contribution is 7.92. The number of furan rings is 1. The fourth-order valence-corrected chi connectivity index (χ4v) is 2.85. The smallest absolute Gasteiger partial charge is 0.295 e. The fourth-order valence-electron chi connectivity index (χ4n) is 1.66. The highest BCUT2D eigenvalue weighted by Gasteiger charge is 2.19. The van der Waals surface area contributed by atoms with Crippen LogP contribution in [0.25, 0.3) is 0 Å². The summed E-state index contributed by atoms with van der Waals surface area (Å²) in [4.78, 5) is 0. The Bertz CT molecular complexity index is 711. The first kappa shape index (κ1) is 15.9. The minimum Gasteiger partial charge on any atom is -0.446 e. The first-order valence-electron chi connectivity index (χ1n) is 6.47. The molecule has 2 rings (SSSR count). The topological polar surface area (TPSA) is 71.3 Å². The third-order valence-corrected chi connectivity index (χ3v) is 4.15. The first-order chi connectivity index (χ1) is 9.87. The van der Waals surface area contributed by atoms with Crippen molar-refractivity contribution in [1.82, 2.24) is 5.32 Å². The van der Waals surface area contributed by atoms with E-state index in [-0.39, 0.29) is 5.09 Å². The molecule has 0 aliphatic heterocycles. The number of hydrogen-bond acceptors (Lipinski definition) is 4. The molecule has 0 atom stereocenters. The van der Waals surface area contributed by atoms with Gasteiger partial charge >= 0.3 is 0 Å². The molecule has 1 aromatic heterocycles. The van der Waals surface area contributed by atoms with E-state index in [1.807, 2.05) is 13.8 Å². The largest absolute Gasteiger partial charge is 0.446 e. The zero-order valence-corrected chi connectivity index (χ0v) is 13.3. The van der Waals surface area contributed by atoms with E-state index in [2.05, 4.69) is 10.0 Å². The maximum absolute atomic E-state index is 12.2. The van der Waals surface area contributed by atoms with E-state index in [1.165, 1.54) is 12.1 Å². The summed E-state index contributed by atoms with van der Waals surface area (Å²) < 4.78 is 32.2. The highest BCUT2D eigenvalue weighted by Crippen LogP contribution is 2.21. The minimum absolute atomic E-state index is 0.122. The summed E-state index contributed by atoms with van der Waals surface area (Å²) >= 11 is 5.83. The summed E-state index contributed by atoms with van der Waals surface area (Å²) in [6, 6.07) is 9.85. The van der Waals surface area contributed by atoms with Crippen molar-refractivity contribution >= 4 is 27.3 Å². The number of halogens is 1. The Morgan fingerprint density at radius 3 is 2.67 bits per heavy atom. The number of benzene rings is 1. The van der Waals surface area contributed by atoms with Gasteiger partial charge in [0.2, 0.25) is 5.09 Å². The highest BCUT2D eigenvalue weighted by atomic mass is 35.5. The van der Waals surface area contributed by atoms with Gasteiger partial charge < -0.3 is 9.73 Å². The second kappa shape index (κ2) is 6.51. The molecule has 0 unspecified atom stereocenters. The maximum Gasteiger partial charge on any atom is 0.295 e. The molecule has 0 radical (unpaired) electrons. The van der Waals surface area contributed by atoms with E-state index in [4.69, 9.17) is 16.0 Å². The van der Waals surface area contributed by atoms with E-state index in [1.54, 1.807) is 24.3 Å². The second-order valence-electron chi connectivity index (χ2n) is 4.87. The quantitative estimate of drug-likeness (QED) is 0.854. The van der Waals surface area contributed by atoms with Crippen LogP contribution in [-0.2, 0) is 16.6 Å². The van der Waals surface area contributed by atoms with E-state index in [9.17, 15) is 8.42 Å². The van der Waals surface area contributed by atoms with Crippen molar-refractivity contribution in [3.63, 3.8) is 0 Å². The summed E-state index contributed by atoms with van der Waals surface area (Å²) in [5, 5.41) is 3.49. The van der Waals surface area contributed by atoms with E-state index < -0.39 is 10.0 Å². The Kier molecular flexibility index (Phi) is 4.92. The number of hydrogen-bond donors (Lipinski definition) is 2. The van der Waals surface area contributed by atoms with Crippen molar-refractivity contribution in [3.05, 3.63) is 47.2 Å². The Labute approximate surface area is 129 Å². The summed E-state index contributed by atoms with van der Waals surface area (Å²) in [6.07, 6.45) is 0. The lowest BCUT2D eigenvalue weighted by Crippen LogP contribution is -2.21. The van der Waals surface area contributed by atoms with Gasteiger partial charge in [0.1, 0.15) is 5.76 Å². The molecule has 0 spiro atoms. The number of sulfonamides is 1. The van der Waals surface area contributed by atoms with Crippen LogP contribution in [0.3, 0.4) is 0 Å². The Hall–Kier alpha value is -1.50. The van der Waals surface area contributed by atoms with Gasteiger partial charge in [-0.15, -0.1) is 0 Å². The molecule has 21 heavy (non-hydrogen) atoms. The molecule has 1 aromatic carbocycles. The molecule has 0 bridgehead atoms. The molecule has 0 aliphatic carbocycles. The van der Waals surface area contributed by atoms with Gasteiger partial charge in [-0.05, 0) is 30.3 Å². The van der Waals surface area contributed by atoms with Gasteiger partial charge in [0.25, 0.3) is 10.0 Å². The standard InChI is InChI=1S/C14H17ClN2O3S/c1-10(2)16-9-13-6-7-14(20-13)21(18,19)17-12-5-3-4-11(15)8-12/h3-8,10,16-17H,9H2,1-2H3. The van der Waals surface area contributed by atoms with Crippen molar-refractivity contribution in [2.45, 2.75) is 31.5 Å². The number of nitrogens with one attached hydrogen (secondary N) is 2. The lowest BCUT2D eigenvalue weighted by molar-refractivity contribution is 0.396. The summed E-state index contributed by atoms with van der Waals surface area (Å²) in [5.74, 6) is 0.565. The van der Waals surface area contributed by atoms with Crippen molar-refractivity contribution in [1.29, 1.82) is 0 Å². The van der Waals surface area contributed by atoms with E-state index >= 15 is 0 Å². The van der Waals surface area contributed by atoms with Crippen LogP contribution in [-0.4, -0.2) is 14.5 Å². The second-order valence-corrected chi connectivity index (χ2v) is 6.92. The van der Waals surface area contributed by atoms with E-state index in [0.717, 1.165) is 0 Å². The number of anilines is 1. The van der Waals surface area contributed by atoms with Gasteiger partial charge in [0.05, 0.1) is 12.2 Å². The van der Waals surface area contributed by atoms with Crippen LogP contribution >= 0.6 is 11.6 Å². The molecule has 5 nitrogen and oxygen atoms in total.